The molecular weight excluding hydrogens is 633 g/mol. The van der Waals surface area contributed by atoms with Crippen molar-refractivity contribution in [3.8, 4) is 0 Å². The molecular formula is C22H22Cl6N2O4S2. The molecule has 2 rings (SSSR count). The molecule has 0 fully saturated rings. The predicted molar refractivity (Wildman–Crippen MR) is 155 cm³/mol. The van der Waals surface area contributed by atoms with Crippen LogP contribution in [-0.2, 0) is 7.59 Å². The number of alkyl halides is 6. The third-order valence-corrected chi connectivity index (χ3v) is 9.69. The molecule has 6 nitrogen and oxygen atoms in total. The summed E-state index contributed by atoms with van der Waals surface area (Å²) in [5.41, 5.74) is 1.52. The van der Waals surface area contributed by atoms with E-state index in [2.05, 4.69) is 0 Å². The molecule has 0 aromatic heterocycles. The molecule has 0 amide bonds. The molecule has 0 aliphatic heterocycles. The summed E-state index contributed by atoms with van der Waals surface area (Å²) in [5.74, 6) is 0. The lowest BCUT2D eigenvalue weighted by Gasteiger charge is -2.26. The second-order valence-electron chi connectivity index (χ2n) is 7.80. The Morgan fingerprint density at radius 1 is 0.722 bits per heavy atom. The lowest BCUT2D eigenvalue weighted by Crippen LogP contribution is -2.10. The number of non-ortho nitro benzene ring substituents is 2. The molecule has 0 saturated heterocycles. The third-order valence-electron chi connectivity index (χ3n) is 5.19. The molecule has 2 unspecified atom stereocenters. The first kappa shape index (κ1) is 31.9. The van der Waals surface area contributed by atoms with Crippen LogP contribution in [0.3, 0.4) is 0 Å². The Morgan fingerprint density at radius 2 is 1.06 bits per heavy atom. The number of hydrogen-bond donors (Lipinski definition) is 0. The zero-order valence-corrected chi connectivity index (χ0v) is 25.2. The topological polar surface area (TPSA) is 86.3 Å². The zero-order chi connectivity index (χ0) is 27.3. The van der Waals surface area contributed by atoms with Crippen LogP contribution in [0, 0.1) is 20.2 Å². The molecule has 198 valence electrons. The van der Waals surface area contributed by atoms with Crippen molar-refractivity contribution >= 4 is 103 Å². The average molecular weight is 655 g/mol. The summed E-state index contributed by atoms with van der Waals surface area (Å²) >= 11 is 37.2. The van der Waals surface area contributed by atoms with E-state index in [1.54, 1.807) is 12.1 Å². The van der Waals surface area contributed by atoms with Gasteiger partial charge in [-0.25, -0.2) is 0 Å². The van der Waals surface area contributed by atoms with Crippen molar-refractivity contribution in [2.24, 2.45) is 0 Å². The van der Waals surface area contributed by atoms with Gasteiger partial charge < -0.3 is 0 Å². The number of benzene rings is 2. The van der Waals surface area contributed by atoms with Crippen LogP contribution >= 0.6 is 91.2 Å². The highest BCUT2D eigenvalue weighted by atomic mass is 35.6. The Morgan fingerprint density at radius 3 is 1.31 bits per heavy atom. The molecule has 14 heteroatoms. The van der Waals surface area contributed by atoms with Gasteiger partial charge in [-0.3, -0.25) is 20.2 Å². The van der Waals surface area contributed by atoms with Gasteiger partial charge in [-0.2, -0.15) is 0 Å². The van der Waals surface area contributed by atoms with Gasteiger partial charge in [-0.1, -0.05) is 130 Å². The second-order valence-corrected chi connectivity index (χ2v) is 15.0. The van der Waals surface area contributed by atoms with Gasteiger partial charge in [0.2, 0.25) is 7.59 Å². The number of halogens is 6. The first-order valence-corrected chi connectivity index (χ1v) is 15.3. The highest BCUT2D eigenvalue weighted by Crippen LogP contribution is 2.55. The van der Waals surface area contributed by atoms with Crippen molar-refractivity contribution < 1.29 is 9.85 Å². The van der Waals surface area contributed by atoms with E-state index in [0.717, 1.165) is 12.8 Å². The first-order chi connectivity index (χ1) is 16.7. The van der Waals surface area contributed by atoms with Crippen LogP contribution in [0.15, 0.2) is 36.4 Å². The van der Waals surface area contributed by atoms with E-state index in [9.17, 15) is 20.2 Å². The van der Waals surface area contributed by atoms with E-state index in [-0.39, 0.29) is 33.0 Å². The van der Waals surface area contributed by atoms with Gasteiger partial charge in [-0.15, -0.1) is 0 Å². The largest absolute Gasteiger partial charge is 0.269 e. The van der Waals surface area contributed by atoms with Crippen molar-refractivity contribution in [2.45, 2.75) is 57.6 Å². The summed E-state index contributed by atoms with van der Waals surface area (Å²) in [6.45, 7) is 4.03. The van der Waals surface area contributed by atoms with Gasteiger partial charge in [0.15, 0.2) is 0 Å². The molecule has 0 heterocycles. The minimum Gasteiger partial charge on any atom is -0.258 e. The minimum atomic E-state index is -1.86. The highest BCUT2D eigenvalue weighted by Gasteiger charge is 2.34. The maximum Gasteiger partial charge on any atom is 0.269 e. The van der Waals surface area contributed by atoms with Crippen LogP contribution in [-0.4, -0.2) is 9.85 Å². The number of nitrogens with zero attached hydrogens (tertiary/aromatic N) is 2. The molecule has 0 aliphatic rings. The molecule has 0 spiro atoms. The maximum absolute atomic E-state index is 11.3. The molecule has 2 aromatic rings. The average Bonchev–Trinajstić information content (AvgIpc) is 2.78. The molecule has 0 saturated carbocycles. The molecule has 0 N–H and O–H groups in total. The summed E-state index contributed by atoms with van der Waals surface area (Å²) in [5, 5.41) is 22.3. The third kappa shape index (κ3) is 8.60. The van der Waals surface area contributed by atoms with E-state index in [1.807, 2.05) is 13.8 Å². The number of nitro benzene ring substituents is 2. The Bertz CT molecular complexity index is 1010. The molecule has 2 atom stereocenters. The zero-order valence-electron chi connectivity index (χ0n) is 19.1. The smallest absolute Gasteiger partial charge is 0.258 e. The Kier molecular flexibility index (Phi) is 12.1. The molecule has 0 aliphatic carbocycles. The van der Waals surface area contributed by atoms with Gasteiger partial charge in [0, 0.05) is 45.9 Å². The quantitative estimate of drug-likeness (QED) is 0.104. The lowest BCUT2D eigenvalue weighted by atomic mass is 10.0. The van der Waals surface area contributed by atoms with Gasteiger partial charge in [0.05, 0.1) is 9.85 Å². The van der Waals surface area contributed by atoms with E-state index in [0.29, 0.717) is 24.0 Å². The summed E-state index contributed by atoms with van der Waals surface area (Å²) < 4.78 is -3.72. The normalized spacial score (nSPS) is 13.9. The lowest BCUT2D eigenvalue weighted by molar-refractivity contribution is -0.385. The summed E-state index contributed by atoms with van der Waals surface area (Å²) in [4.78, 5) is 21.5. The first-order valence-electron chi connectivity index (χ1n) is 10.7. The molecule has 36 heavy (non-hydrogen) atoms. The number of hydrogen-bond acceptors (Lipinski definition) is 6. The van der Waals surface area contributed by atoms with E-state index >= 15 is 0 Å². The SMILES string of the molecule is CCCC(SSC(CCC)c1ccc([N+](=O)[O-])cc1C(Cl)(Cl)Cl)c1ccc([N+](=O)[O-])cc1C(Cl)(Cl)Cl. The number of nitro groups is 2. The van der Waals surface area contributed by atoms with Crippen molar-refractivity contribution in [1.29, 1.82) is 0 Å². The van der Waals surface area contributed by atoms with E-state index in [1.165, 1.54) is 45.9 Å². The summed E-state index contributed by atoms with van der Waals surface area (Å²) in [7, 11) is 3.05. The van der Waals surface area contributed by atoms with Crippen LogP contribution < -0.4 is 0 Å². The Labute approximate surface area is 247 Å². The highest BCUT2D eigenvalue weighted by molar-refractivity contribution is 8.76. The van der Waals surface area contributed by atoms with Gasteiger partial charge in [0.25, 0.3) is 11.4 Å². The van der Waals surface area contributed by atoms with Crippen molar-refractivity contribution in [1.82, 2.24) is 0 Å². The van der Waals surface area contributed by atoms with Crippen molar-refractivity contribution in [3.05, 3.63) is 78.9 Å². The molecule has 2 aromatic carbocycles. The minimum absolute atomic E-state index is 0.167. The fourth-order valence-corrected chi connectivity index (χ4v) is 8.07. The van der Waals surface area contributed by atoms with Gasteiger partial charge in [-0.05, 0) is 24.0 Å². The van der Waals surface area contributed by atoms with Crippen LogP contribution in [0.5, 0.6) is 0 Å². The molecule has 0 radical (unpaired) electrons. The Hall–Kier alpha value is -0.320. The summed E-state index contributed by atoms with van der Waals surface area (Å²) in [6.07, 6.45) is 3.03. The molecule has 0 bridgehead atoms. The standard InChI is InChI=1S/C22H22Cl6N2O4S2/c1-3-5-19(15-9-7-13(29(31)32)11-17(15)21(23,24)25)35-36-20(6-4-2)16-10-8-14(30(33)34)12-18(16)22(26,27)28/h7-12,19-20H,3-6H2,1-2H3. The fourth-order valence-electron chi connectivity index (χ4n) is 3.54. The van der Waals surface area contributed by atoms with Gasteiger partial charge in [0.1, 0.15) is 0 Å². The van der Waals surface area contributed by atoms with Crippen LogP contribution in [0.2, 0.25) is 0 Å². The second kappa shape index (κ2) is 13.7. The predicted octanol–water partition coefficient (Wildman–Crippen LogP) is 10.9. The monoisotopic (exact) mass is 652 g/mol. The van der Waals surface area contributed by atoms with Crippen LogP contribution in [0.25, 0.3) is 0 Å². The number of rotatable bonds is 11. The van der Waals surface area contributed by atoms with Crippen LogP contribution in [0.4, 0.5) is 11.4 Å². The maximum atomic E-state index is 11.3. The van der Waals surface area contributed by atoms with Crippen LogP contribution in [0.1, 0.15) is 72.3 Å². The Balaban J connectivity index is 2.48. The van der Waals surface area contributed by atoms with E-state index < -0.39 is 17.4 Å². The van der Waals surface area contributed by atoms with E-state index in [4.69, 9.17) is 69.6 Å². The van der Waals surface area contributed by atoms with Crippen molar-refractivity contribution in [3.63, 3.8) is 0 Å². The summed E-state index contributed by atoms with van der Waals surface area (Å²) in [6, 6.07) is 8.61. The van der Waals surface area contributed by atoms with Gasteiger partial charge >= 0.3 is 0 Å². The van der Waals surface area contributed by atoms with Crippen molar-refractivity contribution in [2.75, 3.05) is 0 Å². The fraction of sp³-hybridized carbons (Fsp3) is 0.455.